The van der Waals surface area contributed by atoms with Gasteiger partial charge in [-0.05, 0) is 79.2 Å². The Bertz CT molecular complexity index is 1090. The molecule has 0 unspecified atom stereocenters. The Morgan fingerprint density at radius 2 is 1.47 bits per heavy atom. The quantitative estimate of drug-likeness (QED) is 0.527. The lowest BCUT2D eigenvalue weighted by Crippen LogP contribution is -2.20. The fraction of sp³-hybridized carbons (Fsp3) is 0.0909. The molecule has 2 N–H and O–H groups in total. The van der Waals surface area contributed by atoms with Crippen LogP contribution in [0.2, 0.25) is 0 Å². The van der Waals surface area contributed by atoms with E-state index in [0.29, 0.717) is 28.3 Å². The Labute approximate surface area is 170 Å². The van der Waals surface area contributed by atoms with E-state index in [1.807, 2.05) is 6.07 Å². The van der Waals surface area contributed by atoms with Gasteiger partial charge < -0.3 is 15.4 Å². The van der Waals surface area contributed by atoms with Crippen LogP contribution in [-0.2, 0) is 6.18 Å². The molecule has 0 atom stereocenters. The van der Waals surface area contributed by atoms with E-state index >= 15 is 0 Å². The number of alkyl halides is 3. The van der Waals surface area contributed by atoms with E-state index in [1.165, 1.54) is 13.0 Å². The van der Waals surface area contributed by atoms with E-state index in [-0.39, 0.29) is 5.69 Å². The van der Waals surface area contributed by atoms with Crippen molar-refractivity contribution >= 4 is 17.4 Å². The van der Waals surface area contributed by atoms with E-state index in [1.54, 1.807) is 48.5 Å². The van der Waals surface area contributed by atoms with Crippen molar-refractivity contribution in [2.24, 2.45) is 0 Å². The lowest BCUT2D eigenvalue weighted by atomic mass is 10.1. The highest BCUT2D eigenvalue weighted by Crippen LogP contribution is 2.32. The number of carbonyl (C=O) groups is 1. The van der Waals surface area contributed by atoms with Crippen LogP contribution in [0.3, 0.4) is 0 Å². The normalized spacial score (nSPS) is 10.8. The molecule has 2 amide bonds. The number of anilines is 2. The number of aryl methyl sites for hydroxylation is 1. The molecule has 0 aliphatic carbocycles. The first kappa shape index (κ1) is 20.7. The highest BCUT2D eigenvalue weighted by molar-refractivity contribution is 5.99. The third kappa shape index (κ3) is 5.52. The molecule has 0 radical (unpaired) electrons. The summed E-state index contributed by atoms with van der Waals surface area (Å²) >= 11 is 0. The smallest absolute Gasteiger partial charge is 0.416 e. The Balaban J connectivity index is 1.62. The van der Waals surface area contributed by atoms with E-state index in [4.69, 9.17) is 10.00 Å². The molecule has 0 saturated heterocycles. The van der Waals surface area contributed by atoms with Gasteiger partial charge in [0, 0.05) is 11.4 Å². The molecule has 8 heteroatoms. The van der Waals surface area contributed by atoms with Gasteiger partial charge in [-0.15, -0.1) is 0 Å². The minimum Gasteiger partial charge on any atom is -0.457 e. The summed E-state index contributed by atoms with van der Waals surface area (Å²) < 4.78 is 44.4. The third-order valence-corrected chi connectivity index (χ3v) is 3.99. The predicted molar refractivity (Wildman–Crippen MR) is 106 cm³/mol. The highest BCUT2D eigenvalue weighted by atomic mass is 19.4. The summed E-state index contributed by atoms with van der Waals surface area (Å²) in [6.45, 7) is 1.52. The number of carbonyl (C=O) groups excluding carboxylic acids is 1. The highest BCUT2D eigenvalue weighted by Gasteiger charge is 2.31. The van der Waals surface area contributed by atoms with Crippen LogP contribution in [0.5, 0.6) is 11.5 Å². The average Bonchev–Trinajstić information content (AvgIpc) is 2.69. The maximum atomic E-state index is 12.9. The summed E-state index contributed by atoms with van der Waals surface area (Å²) in [5.74, 6) is 1.06. The van der Waals surface area contributed by atoms with Gasteiger partial charge in [0.05, 0.1) is 17.2 Å². The van der Waals surface area contributed by atoms with Crippen molar-refractivity contribution in [3.05, 3.63) is 83.4 Å². The second-order valence-electron chi connectivity index (χ2n) is 6.43. The van der Waals surface area contributed by atoms with Crippen molar-refractivity contribution in [1.29, 1.82) is 5.26 Å². The number of benzene rings is 3. The number of halogens is 3. The standard InChI is InChI=1S/C22H16F3N3O2/c1-14-10-16(22(23,24)25)12-18(11-14)28-21(29)27-17-4-8-20(9-5-17)30-19-6-2-15(13-26)3-7-19/h2-12H,1H3,(H2,27,28,29). The zero-order valence-corrected chi connectivity index (χ0v) is 15.7. The molecule has 30 heavy (non-hydrogen) atoms. The molecule has 152 valence electrons. The van der Waals surface area contributed by atoms with Gasteiger partial charge in [-0.1, -0.05) is 0 Å². The van der Waals surface area contributed by atoms with Gasteiger partial charge in [0.2, 0.25) is 0 Å². The summed E-state index contributed by atoms with van der Waals surface area (Å²) in [7, 11) is 0. The van der Waals surface area contributed by atoms with Crippen LogP contribution < -0.4 is 15.4 Å². The third-order valence-electron chi connectivity index (χ3n) is 3.99. The Morgan fingerprint density at radius 1 is 0.900 bits per heavy atom. The van der Waals surface area contributed by atoms with Crippen molar-refractivity contribution in [1.82, 2.24) is 0 Å². The van der Waals surface area contributed by atoms with Gasteiger partial charge in [-0.2, -0.15) is 18.4 Å². The number of amides is 2. The summed E-state index contributed by atoms with van der Waals surface area (Å²) in [6, 6.07) is 17.7. The maximum Gasteiger partial charge on any atom is 0.416 e. The van der Waals surface area contributed by atoms with Gasteiger partial charge in [-0.3, -0.25) is 0 Å². The Kier molecular flexibility index (Phi) is 5.93. The van der Waals surface area contributed by atoms with Crippen molar-refractivity contribution in [3.63, 3.8) is 0 Å². The molecule has 3 rings (SSSR count). The van der Waals surface area contributed by atoms with Gasteiger partial charge in [0.1, 0.15) is 11.5 Å². The average molecular weight is 411 g/mol. The summed E-state index contributed by atoms with van der Waals surface area (Å²) in [4.78, 5) is 12.1. The molecule has 0 aliphatic heterocycles. The summed E-state index contributed by atoms with van der Waals surface area (Å²) in [5.41, 5.74) is 0.541. The lowest BCUT2D eigenvalue weighted by Gasteiger charge is -2.12. The van der Waals surface area contributed by atoms with Crippen molar-refractivity contribution in [3.8, 4) is 17.6 Å². The van der Waals surface area contributed by atoms with Crippen LogP contribution in [0.15, 0.2) is 66.7 Å². The fourth-order valence-electron chi connectivity index (χ4n) is 2.65. The van der Waals surface area contributed by atoms with Gasteiger partial charge in [-0.25, -0.2) is 4.79 Å². The minimum atomic E-state index is -4.50. The number of urea groups is 1. The van der Waals surface area contributed by atoms with Crippen molar-refractivity contribution in [2.45, 2.75) is 13.1 Å². The lowest BCUT2D eigenvalue weighted by molar-refractivity contribution is -0.137. The molecule has 0 aromatic heterocycles. The summed E-state index contributed by atoms with van der Waals surface area (Å²) in [6.07, 6.45) is -4.50. The van der Waals surface area contributed by atoms with Crippen molar-refractivity contribution in [2.75, 3.05) is 10.6 Å². The number of hydrogen-bond acceptors (Lipinski definition) is 3. The van der Waals surface area contributed by atoms with Crippen LogP contribution in [0.4, 0.5) is 29.3 Å². The molecule has 0 bridgehead atoms. The fourth-order valence-corrected chi connectivity index (χ4v) is 2.65. The van der Waals surface area contributed by atoms with Crippen LogP contribution in [-0.4, -0.2) is 6.03 Å². The predicted octanol–water partition coefficient (Wildman–Crippen LogP) is 6.32. The van der Waals surface area contributed by atoms with Crippen molar-refractivity contribution < 1.29 is 22.7 Å². The van der Waals surface area contributed by atoms with E-state index in [9.17, 15) is 18.0 Å². The molecule has 3 aromatic carbocycles. The molecule has 3 aromatic rings. The second-order valence-corrected chi connectivity index (χ2v) is 6.43. The molecular formula is C22H16F3N3O2. The molecule has 5 nitrogen and oxygen atoms in total. The number of hydrogen-bond donors (Lipinski definition) is 2. The minimum absolute atomic E-state index is 0.0422. The monoisotopic (exact) mass is 411 g/mol. The first-order valence-electron chi connectivity index (χ1n) is 8.78. The first-order valence-corrected chi connectivity index (χ1v) is 8.78. The van der Waals surface area contributed by atoms with Crippen LogP contribution in [0, 0.1) is 18.3 Å². The number of rotatable bonds is 4. The SMILES string of the molecule is Cc1cc(NC(=O)Nc2ccc(Oc3ccc(C#N)cc3)cc2)cc(C(F)(F)F)c1. The molecule has 0 heterocycles. The molecule has 0 aliphatic rings. The largest absolute Gasteiger partial charge is 0.457 e. The second kappa shape index (κ2) is 8.57. The topological polar surface area (TPSA) is 74.2 Å². The van der Waals surface area contributed by atoms with Gasteiger partial charge in [0.25, 0.3) is 0 Å². The number of nitrogens with one attached hydrogen (secondary N) is 2. The van der Waals surface area contributed by atoms with Gasteiger partial charge in [0.15, 0.2) is 0 Å². The zero-order valence-electron chi connectivity index (χ0n) is 15.7. The Hall–Kier alpha value is -3.99. The maximum absolute atomic E-state index is 12.9. The van der Waals surface area contributed by atoms with Crippen LogP contribution >= 0.6 is 0 Å². The van der Waals surface area contributed by atoms with Crippen LogP contribution in [0.1, 0.15) is 16.7 Å². The number of ether oxygens (including phenoxy) is 1. The first-order chi connectivity index (χ1) is 14.2. The summed E-state index contributed by atoms with van der Waals surface area (Å²) in [5, 5.41) is 13.7. The zero-order chi connectivity index (χ0) is 21.7. The Morgan fingerprint density at radius 3 is 2.03 bits per heavy atom. The van der Waals surface area contributed by atoms with Gasteiger partial charge >= 0.3 is 12.2 Å². The van der Waals surface area contributed by atoms with Crippen LogP contribution in [0.25, 0.3) is 0 Å². The van der Waals surface area contributed by atoms with E-state index in [0.717, 1.165) is 12.1 Å². The molecular weight excluding hydrogens is 395 g/mol. The molecule has 0 saturated carbocycles. The van der Waals surface area contributed by atoms with E-state index in [2.05, 4.69) is 10.6 Å². The number of nitriles is 1. The van der Waals surface area contributed by atoms with E-state index < -0.39 is 17.8 Å². The molecule has 0 fully saturated rings. The molecule has 0 spiro atoms. The number of nitrogens with zero attached hydrogens (tertiary/aromatic N) is 1.